The number of nitrogens with one attached hydrogen (secondary N) is 2. The number of urea groups is 1. The maximum Gasteiger partial charge on any atom is 0.326 e. The van der Waals surface area contributed by atoms with Crippen molar-refractivity contribution < 1.29 is 28.8 Å². The van der Waals surface area contributed by atoms with Gasteiger partial charge >= 0.3 is 12.0 Å². The Morgan fingerprint density at radius 3 is 2.23 bits per heavy atom. The van der Waals surface area contributed by atoms with E-state index in [4.69, 9.17) is 4.52 Å². The van der Waals surface area contributed by atoms with Gasteiger partial charge in [-0.25, -0.2) is 4.79 Å². The molecule has 0 bridgehead atoms. The Kier molecular flexibility index (Phi) is 8.75. The lowest BCUT2D eigenvalue weighted by molar-refractivity contribution is -0.141. The van der Waals surface area contributed by atoms with Crippen molar-refractivity contribution in [2.45, 2.75) is 26.2 Å². The molecule has 1 fully saturated rings. The second-order valence-corrected chi connectivity index (χ2v) is 10.9. The summed E-state index contributed by atoms with van der Waals surface area (Å²) < 4.78 is 4.99. The van der Waals surface area contributed by atoms with Crippen LogP contribution in [0.15, 0.2) is 83.4 Å². The number of hydrogen-bond acceptors (Lipinski definition) is 6. The van der Waals surface area contributed by atoms with Crippen molar-refractivity contribution in [1.82, 2.24) is 10.1 Å². The highest BCUT2D eigenvalue weighted by Crippen LogP contribution is 2.34. The Morgan fingerprint density at radius 2 is 1.59 bits per heavy atom. The Labute approximate surface area is 254 Å². The van der Waals surface area contributed by atoms with Gasteiger partial charge < -0.3 is 25.2 Å². The fourth-order valence-corrected chi connectivity index (χ4v) is 5.35. The zero-order chi connectivity index (χ0) is 31.4. The fraction of sp³-hybridized carbons (Fsp3) is 0.242. The first kappa shape index (κ1) is 30.0. The van der Waals surface area contributed by atoms with Gasteiger partial charge in [0.05, 0.1) is 12.3 Å². The van der Waals surface area contributed by atoms with Crippen LogP contribution in [0.5, 0.6) is 0 Å². The van der Waals surface area contributed by atoms with Crippen molar-refractivity contribution in [2.24, 2.45) is 5.92 Å². The quantitative estimate of drug-likeness (QED) is 0.258. The lowest BCUT2D eigenvalue weighted by atomic mass is 9.89. The molecular formula is C33H33N5O6. The van der Waals surface area contributed by atoms with Crippen LogP contribution in [0.2, 0.25) is 0 Å². The molecule has 3 N–H and O–H groups in total. The zero-order valence-electron chi connectivity index (χ0n) is 24.6. The van der Waals surface area contributed by atoms with Gasteiger partial charge in [0, 0.05) is 49.2 Å². The van der Waals surface area contributed by atoms with Crippen molar-refractivity contribution in [1.29, 1.82) is 0 Å². The van der Waals surface area contributed by atoms with E-state index in [1.54, 1.807) is 67.4 Å². The predicted octanol–water partition coefficient (Wildman–Crippen LogP) is 5.08. The number of likely N-dealkylation sites (tertiary alicyclic amines) is 1. The van der Waals surface area contributed by atoms with Crippen LogP contribution in [0.4, 0.5) is 21.9 Å². The maximum atomic E-state index is 12.8. The van der Waals surface area contributed by atoms with E-state index in [0.29, 0.717) is 17.1 Å². The SMILES string of the molecule is Cc1cc(C(=O)N2CC(C(=O)O)C(c3ccc(NC(=O)Cc4ccc(NC(=O)N(C)c5ccccc5C)cc4)cc3)C2)no1. The molecule has 1 aliphatic heterocycles. The molecule has 0 radical (unpaired) electrons. The number of carbonyl (C=O) groups is 4. The molecule has 4 amide bonds. The van der Waals surface area contributed by atoms with Crippen LogP contribution in [0.3, 0.4) is 0 Å². The average molecular weight is 596 g/mol. The first-order chi connectivity index (χ1) is 21.1. The number of amides is 4. The first-order valence-electron chi connectivity index (χ1n) is 14.1. The topological polar surface area (TPSA) is 145 Å². The molecule has 0 aliphatic carbocycles. The minimum absolute atomic E-state index is 0.0646. The number of anilines is 3. The second-order valence-electron chi connectivity index (χ2n) is 10.9. The van der Waals surface area contributed by atoms with Crippen molar-refractivity contribution >= 4 is 40.9 Å². The van der Waals surface area contributed by atoms with Gasteiger partial charge in [0.2, 0.25) is 5.91 Å². The molecule has 11 nitrogen and oxygen atoms in total. The number of nitrogens with zero attached hydrogens (tertiary/aromatic N) is 3. The molecule has 3 aromatic carbocycles. The van der Waals surface area contributed by atoms with E-state index in [0.717, 1.165) is 22.4 Å². The lowest BCUT2D eigenvalue weighted by Gasteiger charge is -2.20. The van der Waals surface area contributed by atoms with Crippen LogP contribution in [0, 0.1) is 19.8 Å². The van der Waals surface area contributed by atoms with E-state index in [9.17, 15) is 24.3 Å². The summed E-state index contributed by atoms with van der Waals surface area (Å²) in [5, 5.41) is 19.3. The zero-order valence-corrected chi connectivity index (χ0v) is 24.6. The van der Waals surface area contributed by atoms with Crippen molar-refractivity contribution in [3.63, 3.8) is 0 Å². The molecule has 1 aliphatic rings. The molecule has 1 saturated heterocycles. The van der Waals surface area contributed by atoms with Gasteiger partial charge in [0.1, 0.15) is 5.76 Å². The number of carbonyl (C=O) groups excluding carboxylic acids is 3. The van der Waals surface area contributed by atoms with E-state index in [1.165, 1.54) is 11.0 Å². The Bertz CT molecular complexity index is 1680. The largest absolute Gasteiger partial charge is 0.481 e. The summed E-state index contributed by atoms with van der Waals surface area (Å²) in [4.78, 5) is 53.3. The third-order valence-corrected chi connectivity index (χ3v) is 7.75. The summed E-state index contributed by atoms with van der Waals surface area (Å²) >= 11 is 0. The summed E-state index contributed by atoms with van der Waals surface area (Å²) in [5.41, 5.74) is 4.65. The van der Waals surface area contributed by atoms with Crippen molar-refractivity contribution in [2.75, 3.05) is 35.7 Å². The fourth-order valence-electron chi connectivity index (χ4n) is 5.35. The smallest absolute Gasteiger partial charge is 0.326 e. The molecule has 11 heteroatoms. The van der Waals surface area contributed by atoms with Crippen LogP contribution in [-0.4, -0.2) is 59.1 Å². The molecular weight excluding hydrogens is 562 g/mol. The second kappa shape index (κ2) is 12.8. The Morgan fingerprint density at radius 1 is 0.932 bits per heavy atom. The summed E-state index contributed by atoms with van der Waals surface area (Å²) in [6.07, 6.45) is 0.126. The number of aliphatic carboxylic acids is 1. The molecule has 1 aromatic heterocycles. The lowest BCUT2D eigenvalue weighted by Crippen LogP contribution is -2.31. The van der Waals surface area contributed by atoms with E-state index < -0.39 is 17.8 Å². The number of hydrogen-bond donors (Lipinski definition) is 3. The third kappa shape index (κ3) is 6.78. The normalized spacial score (nSPS) is 15.9. The highest BCUT2D eigenvalue weighted by molar-refractivity contribution is 6.02. The minimum atomic E-state index is -0.983. The summed E-state index contributed by atoms with van der Waals surface area (Å²) in [6.45, 7) is 3.92. The van der Waals surface area contributed by atoms with Crippen LogP contribution in [-0.2, 0) is 16.0 Å². The van der Waals surface area contributed by atoms with E-state index in [-0.39, 0.29) is 43.0 Å². The van der Waals surface area contributed by atoms with Gasteiger partial charge in [-0.1, -0.05) is 47.6 Å². The van der Waals surface area contributed by atoms with Gasteiger partial charge in [-0.2, -0.15) is 0 Å². The minimum Gasteiger partial charge on any atom is -0.481 e. The standard InChI is InChI=1S/C33H33N5O6/c1-20-6-4-5-7-29(20)37(3)33(43)35-25-12-8-22(9-13-25)17-30(39)34-24-14-10-23(11-15-24)26-18-38(19-27(26)32(41)42)31(40)28-16-21(2)44-36-28/h4-16,26-27H,17-19H2,1-3H3,(H,34,39)(H,35,43)(H,41,42). The van der Waals surface area contributed by atoms with Crippen LogP contribution >= 0.6 is 0 Å². The number of carboxylic acids is 1. The molecule has 44 heavy (non-hydrogen) atoms. The molecule has 2 atom stereocenters. The van der Waals surface area contributed by atoms with Gasteiger partial charge in [0.15, 0.2) is 5.69 Å². The summed E-state index contributed by atoms with van der Waals surface area (Å²) in [7, 11) is 1.71. The van der Waals surface area contributed by atoms with Gasteiger partial charge in [0.25, 0.3) is 5.91 Å². The monoisotopic (exact) mass is 595 g/mol. The molecule has 2 unspecified atom stereocenters. The molecule has 5 rings (SSSR count). The number of aromatic nitrogens is 1. The Balaban J connectivity index is 1.15. The number of carboxylic acid groups (broad SMARTS) is 1. The summed E-state index contributed by atoms with van der Waals surface area (Å²) in [5.74, 6) is -2.27. The number of rotatable bonds is 8. The van der Waals surface area contributed by atoms with Gasteiger partial charge in [-0.05, 0) is 60.9 Å². The summed E-state index contributed by atoms with van der Waals surface area (Å²) in [6, 6.07) is 22.9. The third-order valence-electron chi connectivity index (χ3n) is 7.75. The average Bonchev–Trinajstić information content (AvgIpc) is 3.65. The van der Waals surface area contributed by atoms with Crippen molar-refractivity contribution in [3.05, 3.63) is 107 Å². The highest BCUT2D eigenvalue weighted by atomic mass is 16.5. The molecule has 0 saturated carbocycles. The molecule has 4 aromatic rings. The number of para-hydroxylation sites is 1. The predicted molar refractivity (Wildman–Crippen MR) is 165 cm³/mol. The van der Waals surface area contributed by atoms with Crippen LogP contribution < -0.4 is 15.5 Å². The van der Waals surface area contributed by atoms with Crippen LogP contribution in [0.1, 0.15) is 38.9 Å². The maximum absolute atomic E-state index is 12.8. The molecule has 226 valence electrons. The van der Waals surface area contributed by atoms with Crippen LogP contribution in [0.25, 0.3) is 0 Å². The van der Waals surface area contributed by atoms with E-state index in [1.807, 2.05) is 31.2 Å². The van der Waals surface area contributed by atoms with Gasteiger partial charge in [-0.15, -0.1) is 0 Å². The number of benzene rings is 3. The van der Waals surface area contributed by atoms with Gasteiger partial charge in [-0.3, -0.25) is 19.3 Å². The first-order valence-corrected chi connectivity index (χ1v) is 14.1. The number of aryl methyl sites for hydroxylation is 2. The van der Waals surface area contributed by atoms with Crippen molar-refractivity contribution in [3.8, 4) is 0 Å². The highest BCUT2D eigenvalue weighted by Gasteiger charge is 2.41. The van der Waals surface area contributed by atoms with E-state index >= 15 is 0 Å². The van der Waals surface area contributed by atoms with E-state index in [2.05, 4.69) is 15.8 Å². The molecule has 2 heterocycles. The molecule has 0 spiro atoms. The Hall–Kier alpha value is -5.45.